The molecule has 0 N–H and O–H groups in total. The maximum absolute atomic E-state index is 5.57. The highest BCUT2D eigenvalue weighted by Crippen LogP contribution is 1.89. The van der Waals surface area contributed by atoms with Gasteiger partial charge in [0.1, 0.15) is 0 Å². The van der Waals surface area contributed by atoms with Crippen molar-refractivity contribution in [3.05, 3.63) is 0 Å². The molecular formula is C7H14ClN3. The molecule has 0 aliphatic carbocycles. The zero-order chi connectivity index (χ0) is 8.53. The van der Waals surface area contributed by atoms with Crippen molar-refractivity contribution in [2.75, 3.05) is 26.7 Å². The molecule has 0 spiro atoms. The van der Waals surface area contributed by atoms with Crippen LogP contribution in [0.15, 0.2) is 9.98 Å². The molecule has 0 saturated heterocycles. The lowest BCUT2D eigenvalue weighted by atomic mass is 10.4. The lowest BCUT2D eigenvalue weighted by Gasteiger charge is -2.02. The predicted molar refractivity (Wildman–Crippen MR) is 48.4 cm³/mol. The molecule has 4 heteroatoms. The standard InChI is InChI=1S/C7H14ClN3/c1-3-9-7-10-5-4-6-11(2)8/h3-6H2,1-2H3. The van der Waals surface area contributed by atoms with Crippen LogP contribution in [0.3, 0.4) is 0 Å². The smallest absolute Gasteiger partial charge is 0.0892 e. The van der Waals surface area contributed by atoms with Crippen molar-refractivity contribution in [2.45, 2.75) is 13.3 Å². The summed E-state index contributed by atoms with van der Waals surface area (Å²) in [5.41, 5.74) is 0. The van der Waals surface area contributed by atoms with Gasteiger partial charge in [-0.15, -0.1) is 0 Å². The third kappa shape index (κ3) is 9.63. The molecular weight excluding hydrogens is 162 g/mol. The SMILES string of the molecule is CCN=C=NCCCN(C)Cl. The van der Waals surface area contributed by atoms with Crippen LogP contribution < -0.4 is 0 Å². The van der Waals surface area contributed by atoms with Crippen LogP contribution in [0, 0.1) is 0 Å². The third-order valence-corrected chi connectivity index (χ3v) is 1.20. The molecule has 0 aromatic heterocycles. The molecule has 0 aliphatic rings. The summed E-state index contributed by atoms with van der Waals surface area (Å²) in [6, 6.07) is 2.60. The number of halogens is 1. The lowest BCUT2D eigenvalue weighted by molar-refractivity contribution is 0.532. The van der Waals surface area contributed by atoms with Crippen LogP contribution in [0.1, 0.15) is 13.3 Å². The van der Waals surface area contributed by atoms with Crippen molar-refractivity contribution in [1.29, 1.82) is 0 Å². The van der Waals surface area contributed by atoms with E-state index in [9.17, 15) is 0 Å². The molecule has 0 aliphatic heterocycles. The molecule has 0 fully saturated rings. The Bertz CT molecular complexity index is 139. The summed E-state index contributed by atoms with van der Waals surface area (Å²) in [6.45, 7) is 4.30. The van der Waals surface area contributed by atoms with Crippen LogP contribution in [-0.4, -0.2) is 37.1 Å². The Morgan fingerprint density at radius 3 is 2.73 bits per heavy atom. The summed E-state index contributed by atoms with van der Waals surface area (Å²) in [6.07, 6.45) is 0.951. The second kappa shape index (κ2) is 7.73. The summed E-state index contributed by atoms with van der Waals surface area (Å²) < 4.78 is 1.62. The van der Waals surface area contributed by atoms with Crippen molar-refractivity contribution < 1.29 is 0 Å². The highest BCUT2D eigenvalue weighted by Gasteiger charge is 1.88. The maximum atomic E-state index is 5.57. The first-order valence-electron chi connectivity index (χ1n) is 3.72. The zero-order valence-electron chi connectivity index (χ0n) is 7.05. The average Bonchev–Trinajstić information content (AvgIpc) is 1.96. The summed E-state index contributed by atoms with van der Waals surface area (Å²) >= 11 is 5.57. The molecule has 64 valence electrons. The van der Waals surface area contributed by atoms with E-state index >= 15 is 0 Å². The quantitative estimate of drug-likeness (QED) is 0.355. The normalized spacial score (nSPS) is 9.45. The maximum Gasteiger partial charge on any atom is 0.0892 e. The largest absolute Gasteiger partial charge is 0.226 e. The van der Waals surface area contributed by atoms with Crippen molar-refractivity contribution in [3.8, 4) is 0 Å². The highest BCUT2D eigenvalue weighted by atomic mass is 35.5. The van der Waals surface area contributed by atoms with Gasteiger partial charge in [-0.05, 0) is 25.1 Å². The van der Waals surface area contributed by atoms with Gasteiger partial charge in [-0.25, -0.2) is 14.4 Å². The Kier molecular flexibility index (Phi) is 7.47. The van der Waals surface area contributed by atoms with Gasteiger partial charge in [0.25, 0.3) is 0 Å². The van der Waals surface area contributed by atoms with E-state index in [2.05, 4.69) is 16.0 Å². The molecule has 0 bridgehead atoms. The zero-order valence-corrected chi connectivity index (χ0v) is 7.80. The molecule has 0 amide bonds. The Hall–Kier alpha value is -0.370. The molecule has 0 atom stereocenters. The number of hydrogen-bond donors (Lipinski definition) is 0. The average molecular weight is 176 g/mol. The van der Waals surface area contributed by atoms with E-state index in [1.165, 1.54) is 0 Å². The van der Waals surface area contributed by atoms with Crippen molar-refractivity contribution >= 4 is 17.8 Å². The topological polar surface area (TPSA) is 28.0 Å². The summed E-state index contributed by atoms with van der Waals surface area (Å²) in [5, 5.41) is 0. The van der Waals surface area contributed by atoms with E-state index in [0.29, 0.717) is 0 Å². The number of aliphatic imine (C=N–C) groups is 2. The number of hydrogen-bond acceptors (Lipinski definition) is 3. The minimum absolute atomic E-state index is 0.749. The predicted octanol–water partition coefficient (Wildman–Crippen LogP) is 1.66. The molecule has 0 heterocycles. The van der Waals surface area contributed by atoms with E-state index in [0.717, 1.165) is 26.1 Å². The van der Waals surface area contributed by atoms with Crippen LogP contribution in [0.4, 0.5) is 0 Å². The van der Waals surface area contributed by atoms with E-state index in [-0.39, 0.29) is 0 Å². The van der Waals surface area contributed by atoms with Gasteiger partial charge in [-0.3, -0.25) is 0 Å². The molecule has 0 radical (unpaired) electrons. The first kappa shape index (κ1) is 10.6. The van der Waals surface area contributed by atoms with E-state index in [1.807, 2.05) is 14.0 Å². The number of nitrogens with zero attached hydrogens (tertiary/aromatic N) is 3. The third-order valence-electron chi connectivity index (χ3n) is 1.04. The Labute approximate surface area is 72.9 Å². The van der Waals surface area contributed by atoms with Gasteiger partial charge in [-0.1, -0.05) is 0 Å². The lowest BCUT2D eigenvalue weighted by Crippen LogP contribution is -2.07. The molecule has 0 aromatic carbocycles. The first-order chi connectivity index (χ1) is 5.27. The van der Waals surface area contributed by atoms with Gasteiger partial charge in [0.15, 0.2) is 0 Å². The summed E-state index contributed by atoms with van der Waals surface area (Å²) in [7, 11) is 1.82. The minimum Gasteiger partial charge on any atom is -0.226 e. The molecule has 0 aromatic rings. The monoisotopic (exact) mass is 175 g/mol. The molecule has 3 nitrogen and oxygen atoms in total. The Balaban J connectivity index is 3.20. The van der Waals surface area contributed by atoms with Gasteiger partial charge in [0.2, 0.25) is 0 Å². The second-order valence-corrected chi connectivity index (χ2v) is 2.72. The van der Waals surface area contributed by atoms with Gasteiger partial charge in [0, 0.05) is 20.1 Å². The Morgan fingerprint density at radius 1 is 1.45 bits per heavy atom. The fraction of sp³-hybridized carbons (Fsp3) is 0.857. The first-order valence-corrected chi connectivity index (χ1v) is 4.06. The molecule has 0 rings (SSSR count). The van der Waals surface area contributed by atoms with Gasteiger partial charge >= 0.3 is 0 Å². The molecule has 0 unspecified atom stereocenters. The van der Waals surface area contributed by atoms with E-state index < -0.39 is 0 Å². The summed E-state index contributed by atoms with van der Waals surface area (Å²) in [4.78, 5) is 7.76. The van der Waals surface area contributed by atoms with Crippen molar-refractivity contribution in [2.24, 2.45) is 9.98 Å². The van der Waals surface area contributed by atoms with Crippen LogP contribution in [-0.2, 0) is 0 Å². The molecule has 0 saturated carbocycles. The minimum atomic E-state index is 0.749. The second-order valence-electron chi connectivity index (χ2n) is 2.14. The van der Waals surface area contributed by atoms with Crippen molar-refractivity contribution in [1.82, 2.24) is 4.42 Å². The van der Waals surface area contributed by atoms with E-state index in [1.54, 1.807) is 4.42 Å². The van der Waals surface area contributed by atoms with Gasteiger partial charge in [-0.2, -0.15) is 0 Å². The van der Waals surface area contributed by atoms with Crippen LogP contribution >= 0.6 is 11.8 Å². The number of rotatable bonds is 5. The fourth-order valence-electron chi connectivity index (χ4n) is 0.538. The highest BCUT2D eigenvalue weighted by molar-refractivity contribution is 6.13. The van der Waals surface area contributed by atoms with Gasteiger partial charge < -0.3 is 0 Å². The molecule has 11 heavy (non-hydrogen) atoms. The fourth-order valence-corrected chi connectivity index (χ4v) is 0.658. The van der Waals surface area contributed by atoms with Crippen molar-refractivity contribution in [3.63, 3.8) is 0 Å². The van der Waals surface area contributed by atoms with Crippen LogP contribution in [0.2, 0.25) is 0 Å². The van der Waals surface area contributed by atoms with E-state index in [4.69, 9.17) is 11.8 Å². The summed E-state index contributed by atoms with van der Waals surface area (Å²) in [5.74, 6) is 0. The van der Waals surface area contributed by atoms with Crippen LogP contribution in [0.5, 0.6) is 0 Å². The van der Waals surface area contributed by atoms with Gasteiger partial charge in [0.05, 0.1) is 12.6 Å². The Morgan fingerprint density at radius 2 is 2.18 bits per heavy atom. The van der Waals surface area contributed by atoms with Crippen LogP contribution in [0.25, 0.3) is 0 Å².